The van der Waals surface area contributed by atoms with E-state index in [0.29, 0.717) is 6.54 Å². The van der Waals surface area contributed by atoms with Crippen LogP contribution in [0.3, 0.4) is 0 Å². The van der Waals surface area contributed by atoms with Gasteiger partial charge >= 0.3 is 0 Å². The molecule has 30 heavy (non-hydrogen) atoms. The quantitative estimate of drug-likeness (QED) is 0.755. The van der Waals surface area contributed by atoms with Crippen LogP contribution in [0.25, 0.3) is 0 Å². The van der Waals surface area contributed by atoms with Gasteiger partial charge < -0.3 is 19.6 Å². The lowest BCUT2D eigenvalue weighted by Gasteiger charge is -2.58. The van der Waals surface area contributed by atoms with Crippen LogP contribution in [0.4, 0.5) is 0 Å². The molecule has 0 saturated carbocycles. The lowest BCUT2D eigenvalue weighted by molar-refractivity contribution is -0.168. The number of pyridine rings is 1. The fourth-order valence-corrected chi connectivity index (χ4v) is 4.27. The molecule has 0 unspecified atom stereocenters. The van der Waals surface area contributed by atoms with Crippen LogP contribution >= 0.6 is 0 Å². The van der Waals surface area contributed by atoms with Crippen LogP contribution in [-0.4, -0.2) is 77.2 Å². The molecule has 2 fully saturated rings. The largest absolute Gasteiger partial charge is 0.394 e. The Labute approximate surface area is 175 Å². The van der Waals surface area contributed by atoms with E-state index >= 15 is 0 Å². The summed E-state index contributed by atoms with van der Waals surface area (Å²) < 4.78 is 4.92. The predicted molar refractivity (Wildman–Crippen MR) is 109 cm³/mol. The first kappa shape index (κ1) is 20.1. The monoisotopic (exact) mass is 405 g/mol. The van der Waals surface area contributed by atoms with E-state index in [2.05, 4.69) is 16.8 Å². The second-order valence-corrected chi connectivity index (χ2v) is 7.47. The van der Waals surface area contributed by atoms with E-state index in [-0.39, 0.29) is 49.6 Å². The molecule has 2 aromatic rings. The maximum Gasteiger partial charge on any atom is 0.249 e. The molecule has 0 bridgehead atoms. The van der Waals surface area contributed by atoms with Crippen molar-refractivity contribution in [2.24, 2.45) is 0 Å². The molecule has 7 nitrogen and oxygen atoms in total. The highest BCUT2D eigenvalue weighted by Crippen LogP contribution is 2.42. The third-order valence-corrected chi connectivity index (χ3v) is 5.68. The van der Waals surface area contributed by atoms with Gasteiger partial charge in [-0.15, -0.1) is 0 Å². The molecule has 1 aromatic heterocycles. The molecular formula is C23H23N3O4. The van der Waals surface area contributed by atoms with Crippen molar-refractivity contribution in [3.63, 3.8) is 0 Å². The van der Waals surface area contributed by atoms with E-state index in [1.165, 1.54) is 7.11 Å². The summed E-state index contributed by atoms with van der Waals surface area (Å²) in [5.41, 5.74) is 2.74. The summed E-state index contributed by atoms with van der Waals surface area (Å²) in [6, 6.07) is 11.2. The van der Waals surface area contributed by atoms with Crippen LogP contribution in [0.5, 0.6) is 0 Å². The van der Waals surface area contributed by atoms with Crippen molar-refractivity contribution in [3.05, 3.63) is 65.5 Å². The number of nitrogens with zero attached hydrogens (tertiary/aromatic N) is 3. The molecule has 1 aromatic carbocycles. The molecule has 2 aliphatic rings. The zero-order chi connectivity index (χ0) is 21.1. The van der Waals surface area contributed by atoms with E-state index in [0.717, 1.165) is 16.7 Å². The molecule has 7 heteroatoms. The zero-order valence-electron chi connectivity index (χ0n) is 16.7. The summed E-state index contributed by atoms with van der Waals surface area (Å²) in [6.45, 7) is 0.322. The number of piperazine rings is 1. The number of hydrogen-bond donors (Lipinski definition) is 1. The molecule has 0 aliphatic carbocycles. The fraction of sp³-hybridized carbons (Fsp3) is 0.348. The van der Waals surface area contributed by atoms with Crippen LogP contribution in [0, 0.1) is 11.8 Å². The van der Waals surface area contributed by atoms with Gasteiger partial charge in [0, 0.05) is 43.1 Å². The van der Waals surface area contributed by atoms with Gasteiger partial charge in [-0.3, -0.25) is 14.6 Å². The Morgan fingerprint density at radius 2 is 2.00 bits per heavy atom. The molecule has 3 heterocycles. The summed E-state index contributed by atoms with van der Waals surface area (Å²) in [7, 11) is 1.46. The molecule has 4 rings (SSSR count). The summed E-state index contributed by atoms with van der Waals surface area (Å²) in [5.74, 6) is 5.83. The molecule has 2 saturated heterocycles. The first-order chi connectivity index (χ1) is 14.6. The number of amides is 2. The highest BCUT2D eigenvalue weighted by atomic mass is 16.5. The second-order valence-electron chi connectivity index (χ2n) is 7.47. The Morgan fingerprint density at radius 3 is 2.67 bits per heavy atom. The van der Waals surface area contributed by atoms with Crippen LogP contribution in [0.2, 0.25) is 0 Å². The number of aromatic nitrogens is 1. The van der Waals surface area contributed by atoms with Gasteiger partial charge in [0.25, 0.3) is 0 Å². The normalized spacial score (nSPS) is 22.6. The molecular weight excluding hydrogens is 382 g/mol. The second kappa shape index (κ2) is 8.66. The first-order valence-corrected chi connectivity index (χ1v) is 9.83. The van der Waals surface area contributed by atoms with E-state index in [4.69, 9.17) is 4.74 Å². The van der Waals surface area contributed by atoms with Crippen molar-refractivity contribution >= 4 is 11.8 Å². The third-order valence-electron chi connectivity index (χ3n) is 5.68. The summed E-state index contributed by atoms with van der Waals surface area (Å²) in [4.78, 5) is 32.1. The summed E-state index contributed by atoms with van der Waals surface area (Å²) >= 11 is 0. The van der Waals surface area contributed by atoms with Gasteiger partial charge in [-0.05, 0) is 29.8 Å². The summed E-state index contributed by atoms with van der Waals surface area (Å²) in [6.07, 6.45) is 3.42. The number of benzene rings is 1. The number of aliphatic hydroxyl groups is 1. The maximum atomic E-state index is 12.6. The molecule has 0 radical (unpaired) electrons. The average molecular weight is 405 g/mol. The van der Waals surface area contributed by atoms with E-state index < -0.39 is 0 Å². The Hall–Kier alpha value is -3.21. The minimum Gasteiger partial charge on any atom is -0.394 e. The standard InChI is InChI=1S/C23H23N3O4/c1-30-15-22(29)25-12-19-23(20(14-27)26(19)21(28)13-25)18-8-6-16(7-9-18)4-5-17-3-2-10-24-11-17/h2-3,6-11,19-20,23,27H,12-15H2,1H3/t19-,20-,23+/m0/s1. The highest BCUT2D eigenvalue weighted by molar-refractivity contribution is 5.88. The minimum absolute atomic E-state index is 0.0302. The predicted octanol–water partition coefficient (Wildman–Crippen LogP) is 0.625. The van der Waals surface area contributed by atoms with Crippen LogP contribution in [0.1, 0.15) is 22.6 Å². The van der Waals surface area contributed by atoms with Gasteiger partial charge in [-0.25, -0.2) is 0 Å². The Balaban J connectivity index is 1.52. The Bertz CT molecular complexity index is 981. The number of carbonyl (C=O) groups excluding carboxylic acids is 2. The molecule has 154 valence electrons. The average Bonchev–Trinajstić information content (AvgIpc) is 2.75. The number of ether oxygens (including phenoxy) is 1. The SMILES string of the molecule is COCC(=O)N1CC(=O)N2[C@@H](CO)[C@H](c3ccc(C#Cc4cccnc4)cc3)[C@@H]2C1. The van der Waals surface area contributed by atoms with Gasteiger partial charge in [0.05, 0.1) is 25.2 Å². The minimum atomic E-state index is -0.269. The van der Waals surface area contributed by atoms with Crippen molar-refractivity contribution in [1.29, 1.82) is 0 Å². The molecule has 3 atom stereocenters. The van der Waals surface area contributed by atoms with E-state index in [1.807, 2.05) is 36.4 Å². The van der Waals surface area contributed by atoms with E-state index in [1.54, 1.807) is 22.2 Å². The third kappa shape index (κ3) is 3.80. The van der Waals surface area contributed by atoms with Crippen molar-refractivity contribution in [2.45, 2.75) is 18.0 Å². The first-order valence-electron chi connectivity index (χ1n) is 9.83. The zero-order valence-corrected chi connectivity index (χ0v) is 16.7. The van der Waals surface area contributed by atoms with Gasteiger partial charge in [0.1, 0.15) is 6.61 Å². The van der Waals surface area contributed by atoms with Crippen molar-refractivity contribution < 1.29 is 19.4 Å². The van der Waals surface area contributed by atoms with Crippen LogP contribution < -0.4 is 0 Å². The molecule has 1 N–H and O–H groups in total. The lowest BCUT2D eigenvalue weighted by Crippen LogP contribution is -2.73. The van der Waals surface area contributed by atoms with Crippen LogP contribution in [0.15, 0.2) is 48.8 Å². The fourth-order valence-electron chi connectivity index (χ4n) is 4.27. The number of rotatable bonds is 4. The van der Waals surface area contributed by atoms with Crippen LogP contribution in [-0.2, 0) is 14.3 Å². The molecule has 2 aliphatic heterocycles. The van der Waals surface area contributed by atoms with E-state index in [9.17, 15) is 14.7 Å². The van der Waals surface area contributed by atoms with Crippen molar-refractivity contribution in [3.8, 4) is 11.8 Å². The lowest BCUT2D eigenvalue weighted by atomic mass is 9.73. The molecule has 2 amide bonds. The smallest absolute Gasteiger partial charge is 0.249 e. The van der Waals surface area contributed by atoms with Gasteiger partial charge in [0.15, 0.2) is 0 Å². The maximum absolute atomic E-state index is 12.6. The summed E-state index contributed by atoms with van der Waals surface area (Å²) in [5, 5.41) is 9.88. The van der Waals surface area contributed by atoms with Crippen molar-refractivity contribution in [1.82, 2.24) is 14.8 Å². The molecule has 0 spiro atoms. The number of aliphatic hydroxyl groups excluding tert-OH is 1. The highest BCUT2D eigenvalue weighted by Gasteiger charge is 2.54. The van der Waals surface area contributed by atoms with Gasteiger partial charge in [-0.1, -0.05) is 24.0 Å². The Kier molecular flexibility index (Phi) is 5.79. The topological polar surface area (TPSA) is 83.0 Å². The Morgan fingerprint density at radius 1 is 1.23 bits per heavy atom. The number of fused-ring (bicyclic) bond motifs is 1. The number of methoxy groups -OCH3 is 1. The number of carbonyl (C=O) groups is 2. The number of hydrogen-bond acceptors (Lipinski definition) is 5. The van der Waals surface area contributed by atoms with Gasteiger partial charge in [0.2, 0.25) is 11.8 Å². The van der Waals surface area contributed by atoms with Gasteiger partial charge in [-0.2, -0.15) is 0 Å². The van der Waals surface area contributed by atoms with Crippen molar-refractivity contribution in [2.75, 3.05) is 33.4 Å².